The highest BCUT2D eigenvalue weighted by molar-refractivity contribution is 7.05. The first kappa shape index (κ1) is 16.9. The second-order valence-electron chi connectivity index (χ2n) is 7.84. The number of carbonyl (C=O) groups is 2. The van der Waals surface area contributed by atoms with E-state index in [2.05, 4.69) is 14.5 Å². The van der Waals surface area contributed by atoms with Crippen molar-refractivity contribution in [3.63, 3.8) is 0 Å². The van der Waals surface area contributed by atoms with Crippen LogP contribution in [-0.4, -0.2) is 62.0 Å². The fourth-order valence-electron chi connectivity index (χ4n) is 4.29. The number of carboxylic acid groups (broad SMARTS) is 1. The topological polar surface area (TPSA) is 86.6 Å². The maximum absolute atomic E-state index is 12.3. The van der Waals surface area contributed by atoms with Crippen molar-refractivity contribution in [3.05, 3.63) is 10.6 Å². The molecule has 1 spiro atoms. The average molecular weight is 364 g/mol. The summed E-state index contributed by atoms with van der Waals surface area (Å²) >= 11 is 1.35. The Hall–Kier alpha value is -1.54. The first-order valence-corrected chi connectivity index (χ1v) is 9.78. The lowest BCUT2D eigenvalue weighted by Gasteiger charge is -2.39. The molecule has 3 aliphatic rings. The number of carbonyl (C=O) groups excluding carboxylic acids is 1. The van der Waals surface area contributed by atoms with E-state index in [9.17, 15) is 14.7 Å². The predicted molar refractivity (Wildman–Crippen MR) is 92.1 cm³/mol. The largest absolute Gasteiger partial charge is 0.480 e. The SMILES string of the molecule is Cc1nnsc1CN1CC2(CCN(C(=O)C3CC3)CC2)CC1C(=O)O. The quantitative estimate of drug-likeness (QED) is 0.872. The van der Waals surface area contributed by atoms with E-state index in [0.29, 0.717) is 18.9 Å². The van der Waals surface area contributed by atoms with E-state index >= 15 is 0 Å². The summed E-state index contributed by atoms with van der Waals surface area (Å²) < 4.78 is 3.96. The van der Waals surface area contributed by atoms with E-state index < -0.39 is 12.0 Å². The van der Waals surface area contributed by atoms with Gasteiger partial charge < -0.3 is 10.0 Å². The number of amides is 1. The molecule has 1 aromatic rings. The molecule has 1 saturated carbocycles. The molecule has 0 bridgehead atoms. The molecule has 0 radical (unpaired) electrons. The maximum Gasteiger partial charge on any atom is 0.320 e. The number of carboxylic acids is 1. The number of aromatic nitrogens is 2. The van der Waals surface area contributed by atoms with E-state index in [-0.39, 0.29) is 11.3 Å². The summed E-state index contributed by atoms with van der Waals surface area (Å²) in [5.74, 6) is -0.169. The van der Waals surface area contributed by atoms with Gasteiger partial charge in [0.25, 0.3) is 0 Å². The van der Waals surface area contributed by atoms with Crippen molar-refractivity contribution in [2.24, 2.45) is 11.3 Å². The van der Waals surface area contributed by atoms with E-state index in [4.69, 9.17) is 0 Å². The zero-order chi connectivity index (χ0) is 17.6. The highest BCUT2D eigenvalue weighted by atomic mass is 32.1. The molecule has 1 unspecified atom stereocenters. The second kappa shape index (κ2) is 6.32. The standard InChI is InChI=1S/C17H24N4O3S/c1-11-14(25-19-18-11)9-21-10-17(8-13(21)16(23)24)4-6-20(7-5-17)15(22)12-2-3-12/h12-13H,2-10H2,1H3,(H,23,24). The van der Waals surface area contributed by atoms with Crippen LogP contribution < -0.4 is 0 Å². The third-order valence-corrected chi connectivity index (χ3v) is 6.85. The van der Waals surface area contributed by atoms with Gasteiger partial charge in [-0.25, -0.2) is 0 Å². The molecule has 0 aromatic carbocycles. The summed E-state index contributed by atoms with van der Waals surface area (Å²) in [6.45, 7) is 4.86. The monoisotopic (exact) mass is 364 g/mol. The van der Waals surface area contributed by atoms with Crippen molar-refractivity contribution in [1.29, 1.82) is 0 Å². The minimum Gasteiger partial charge on any atom is -0.480 e. The summed E-state index contributed by atoms with van der Waals surface area (Å²) in [6, 6.07) is -0.452. The molecule has 3 heterocycles. The Bertz CT molecular complexity index is 679. The molecule has 1 N–H and O–H groups in total. The Labute approximate surface area is 151 Å². The second-order valence-corrected chi connectivity index (χ2v) is 8.68. The van der Waals surface area contributed by atoms with Gasteiger partial charge in [-0.1, -0.05) is 4.49 Å². The molecule has 1 amide bonds. The predicted octanol–water partition coefficient (Wildman–Crippen LogP) is 1.52. The highest BCUT2D eigenvalue weighted by Gasteiger charge is 2.49. The van der Waals surface area contributed by atoms with Gasteiger partial charge in [0.1, 0.15) is 6.04 Å². The van der Waals surface area contributed by atoms with Crippen LogP contribution >= 0.6 is 11.5 Å². The highest BCUT2D eigenvalue weighted by Crippen LogP contribution is 2.45. The van der Waals surface area contributed by atoms with E-state index in [1.54, 1.807) is 0 Å². The first-order chi connectivity index (χ1) is 12.0. The number of piperidine rings is 1. The minimum atomic E-state index is -0.747. The molecule has 25 heavy (non-hydrogen) atoms. The number of likely N-dealkylation sites (tertiary alicyclic amines) is 2. The lowest BCUT2D eigenvalue weighted by atomic mass is 9.76. The molecular formula is C17H24N4O3S. The van der Waals surface area contributed by atoms with Gasteiger partial charge in [-0.05, 0) is 56.0 Å². The average Bonchev–Trinajstić information content (AvgIpc) is 3.28. The third kappa shape index (κ3) is 3.29. The lowest BCUT2D eigenvalue weighted by Crippen LogP contribution is -2.44. The van der Waals surface area contributed by atoms with Gasteiger partial charge in [-0.15, -0.1) is 5.10 Å². The van der Waals surface area contributed by atoms with Crippen molar-refractivity contribution >= 4 is 23.4 Å². The molecular weight excluding hydrogens is 340 g/mol. The van der Waals surface area contributed by atoms with Crippen LogP contribution in [0.5, 0.6) is 0 Å². The van der Waals surface area contributed by atoms with E-state index in [0.717, 1.165) is 55.9 Å². The van der Waals surface area contributed by atoms with Gasteiger partial charge in [0.2, 0.25) is 5.91 Å². The van der Waals surface area contributed by atoms with Gasteiger partial charge in [-0.3, -0.25) is 14.5 Å². The van der Waals surface area contributed by atoms with Gasteiger partial charge >= 0.3 is 5.97 Å². The van der Waals surface area contributed by atoms with Gasteiger partial charge in [-0.2, -0.15) is 0 Å². The lowest BCUT2D eigenvalue weighted by molar-refractivity contribution is -0.142. The molecule has 136 valence electrons. The van der Waals surface area contributed by atoms with Crippen molar-refractivity contribution in [2.75, 3.05) is 19.6 Å². The number of aryl methyl sites for hydroxylation is 1. The summed E-state index contributed by atoms with van der Waals surface area (Å²) in [6.07, 6.45) is 4.57. The number of aliphatic carboxylic acids is 1. The zero-order valence-corrected chi connectivity index (χ0v) is 15.3. The molecule has 2 aliphatic heterocycles. The Morgan fingerprint density at radius 2 is 2.04 bits per heavy atom. The van der Waals surface area contributed by atoms with Crippen LogP contribution in [-0.2, 0) is 16.1 Å². The third-order valence-electron chi connectivity index (χ3n) is 6.05. The minimum absolute atomic E-state index is 0.0232. The van der Waals surface area contributed by atoms with Gasteiger partial charge in [0.15, 0.2) is 0 Å². The van der Waals surface area contributed by atoms with Crippen LogP contribution in [0.25, 0.3) is 0 Å². The molecule has 7 nitrogen and oxygen atoms in total. The molecule has 8 heteroatoms. The molecule has 1 aliphatic carbocycles. The van der Waals surface area contributed by atoms with Crippen molar-refractivity contribution < 1.29 is 14.7 Å². The van der Waals surface area contributed by atoms with Crippen molar-refractivity contribution in [3.8, 4) is 0 Å². The fraction of sp³-hybridized carbons (Fsp3) is 0.765. The number of rotatable bonds is 4. The summed E-state index contributed by atoms with van der Waals surface area (Å²) in [5, 5.41) is 13.7. The van der Waals surface area contributed by atoms with Crippen molar-refractivity contribution in [2.45, 2.75) is 51.6 Å². The fourth-order valence-corrected chi connectivity index (χ4v) is 4.95. The summed E-state index contributed by atoms with van der Waals surface area (Å²) in [4.78, 5) is 29.2. The van der Waals surface area contributed by atoms with Crippen LogP contribution in [0.4, 0.5) is 0 Å². The van der Waals surface area contributed by atoms with Gasteiger partial charge in [0, 0.05) is 32.1 Å². The zero-order valence-electron chi connectivity index (χ0n) is 14.5. The molecule has 1 aromatic heterocycles. The van der Waals surface area contributed by atoms with Crippen LogP contribution in [0.2, 0.25) is 0 Å². The van der Waals surface area contributed by atoms with Crippen molar-refractivity contribution in [1.82, 2.24) is 19.4 Å². The smallest absolute Gasteiger partial charge is 0.320 e. The summed E-state index contributed by atoms with van der Waals surface area (Å²) in [5.41, 5.74) is 0.912. The molecule has 4 rings (SSSR count). The number of hydrogen-bond donors (Lipinski definition) is 1. The molecule has 2 saturated heterocycles. The number of nitrogens with zero attached hydrogens (tertiary/aromatic N) is 4. The number of hydrogen-bond acceptors (Lipinski definition) is 6. The Morgan fingerprint density at radius 1 is 1.32 bits per heavy atom. The Morgan fingerprint density at radius 3 is 2.60 bits per heavy atom. The van der Waals surface area contributed by atoms with E-state index in [1.165, 1.54) is 11.5 Å². The maximum atomic E-state index is 12.3. The molecule has 3 fully saturated rings. The Kier molecular flexibility index (Phi) is 4.27. The van der Waals surface area contributed by atoms with Crippen LogP contribution in [0.3, 0.4) is 0 Å². The van der Waals surface area contributed by atoms with Crippen LogP contribution in [0.15, 0.2) is 0 Å². The van der Waals surface area contributed by atoms with Gasteiger partial charge in [0.05, 0.1) is 10.6 Å². The van der Waals surface area contributed by atoms with Crippen LogP contribution in [0.1, 0.15) is 42.7 Å². The Balaban J connectivity index is 1.44. The molecule has 1 atom stereocenters. The van der Waals surface area contributed by atoms with Crippen LogP contribution in [0, 0.1) is 18.3 Å². The summed E-state index contributed by atoms with van der Waals surface area (Å²) in [7, 11) is 0. The first-order valence-electron chi connectivity index (χ1n) is 9.01. The normalized spacial score (nSPS) is 26.3. The van der Waals surface area contributed by atoms with E-state index in [1.807, 2.05) is 11.8 Å².